The van der Waals surface area contributed by atoms with E-state index in [2.05, 4.69) is 24.3 Å². The fourth-order valence-corrected chi connectivity index (χ4v) is 1.03. The number of rotatable bonds is 3. The Morgan fingerprint density at radius 1 is 1.78 bits per heavy atom. The molecule has 0 aliphatic heterocycles. The van der Waals surface area contributed by atoms with Crippen molar-refractivity contribution in [3.63, 3.8) is 0 Å². The van der Waals surface area contributed by atoms with Crippen molar-refractivity contribution in [1.82, 2.24) is 4.72 Å². The summed E-state index contributed by atoms with van der Waals surface area (Å²) in [5.74, 6) is 0. The Hall–Kier alpha value is -0.0400. The molecule has 0 aromatic rings. The van der Waals surface area contributed by atoms with E-state index in [9.17, 15) is 8.42 Å². The summed E-state index contributed by atoms with van der Waals surface area (Å²) in [5.41, 5.74) is 0. The molecule has 4 nitrogen and oxygen atoms in total. The van der Waals surface area contributed by atoms with E-state index in [4.69, 9.17) is 0 Å². The largest absolute Gasteiger partial charge is 0.275 e. The van der Waals surface area contributed by atoms with Gasteiger partial charge < -0.3 is 0 Å². The maximum absolute atomic E-state index is 10.2. The third-order valence-corrected chi connectivity index (χ3v) is 1.54. The van der Waals surface area contributed by atoms with Crippen LogP contribution >= 0.6 is 12.6 Å². The molecule has 1 radical (unpaired) electrons. The van der Waals surface area contributed by atoms with Crippen LogP contribution in [0.25, 0.3) is 0 Å². The fraction of sp³-hybridized carbons (Fsp3) is 0.333. The van der Waals surface area contributed by atoms with E-state index < -0.39 is 15.6 Å². The van der Waals surface area contributed by atoms with Gasteiger partial charge in [-0.05, 0) is 0 Å². The zero-order chi connectivity index (χ0) is 7.49. The molecule has 53 valence electrons. The molecule has 0 bridgehead atoms. The molecule has 0 saturated heterocycles. The van der Waals surface area contributed by atoms with E-state index in [1.54, 1.807) is 0 Å². The minimum atomic E-state index is -3.66. The molecule has 0 spiro atoms. The average molecular weight is 167 g/mol. The lowest BCUT2D eigenvalue weighted by Gasteiger charge is -2.02. The highest BCUT2D eigenvalue weighted by molar-refractivity contribution is 7.88. The molecule has 0 fully saturated rings. The number of nitrogens with one attached hydrogen (secondary N) is 1. The quantitative estimate of drug-likeness (QED) is 0.556. The van der Waals surface area contributed by atoms with Crippen LogP contribution in [0.1, 0.15) is 0 Å². The van der Waals surface area contributed by atoms with Crippen LogP contribution in [0.5, 0.6) is 0 Å². The third kappa shape index (κ3) is 5.84. The molecule has 0 heterocycles. The molecule has 0 aliphatic rings. The third-order valence-electron chi connectivity index (χ3n) is 0.494. The Kier molecular flexibility index (Phi) is 3.20. The van der Waals surface area contributed by atoms with Gasteiger partial charge >= 0.3 is 0 Å². The highest BCUT2D eigenvalue weighted by atomic mass is 32.2. The van der Waals surface area contributed by atoms with Crippen LogP contribution in [0.2, 0.25) is 0 Å². The lowest BCUT2D eigenvalue weighted by atomic mass is 10.7. The van der Waals surface area contributed by atoms with Gasteiger partial charge in [0.2, 0.25) is 0 Å². The van der Waals surface area contributed by atoms with E-state index in [1.807, 2.05) is 4.72 Å². The van der Waals surface area contributed by atoms with Gasteiger partial charge in [0, 0.05) is 0 Å². The highest BCUT2D eigenvalue weighted by Gasteiger charge is 2.04. The van der Waals surface area contributed by atoms with Gasteiger partial charge in [-0.1, -0.05) is 18.7 Å². The van der Waals surface area contributed by atoms with Gasteiger partial charge in [0.1, 0.15) is 0 Å². The van der Waals surface area contributed by atoms with Crippen LogP contribution in [0.3, 0.4) is 0 Å². The van der Waals surface area contributed by atoms with E-state index in [0.717, 1.165) is 0 Å². The van der Waals surface area contributed by atoms with E-state index in [-0.39, 0.29) is 0 Å². The van der Waals surface area contributed by atoms with Crippen molar-refractivity contribution in [2.24, 2.45) is 5.14 Å². The van der Waals surface area contributed by atoms with Gasteiger partial charge in [0.25, 0.3) is 10.2 Å². The van der Waals surface area contributed by atoms with Crippen molar-refractivity contribution >= 4 is 22.8 Å². The van der Waals surface area contributed by atoms with Crippen LogP contribution in [0.4, 0.5) is 0 Å². The minimum absolute atomic E-state index is 0.722. The highest BCUT2D eigenvalue weighted by Crippen LogP contribution is 1.89. The normalized spacial score (nSPS) is 14.9. The molecule has 6 heteroatoms. The molecule has 0 saturated carbocycles. The van der Waals surface area contributed by atoms with Gasteiger partial charge in [-0.2, -0.15) is 13.1 Å². The topological polar surface area (TPSA) is 72.2 Å². The summed E-state index contributed by atoms with van der Waals surface area (Å²) in [6.45, 7) is 3.26. The summed E-state index contributed by atoms with van der Waals surface area (Å²) < 4.78 is 22.2. The molecule has 0 aromatic heterocycles. The SMILES string of the molecule is C=CC([S])NS(N)(=O)=O. The Morgan fingerprint density at radius 2 is 2.22 bits per heavy atom. The molecule has 3 N–H and O–H groups in total. The first-order valence-corrected chi connectivity index (χ1v) is 4.06. The molecule has 1 unspecified atom stereocenters. The molecule has 0 aromatic carbocycles. The van der Waals surface area contributed by atoms with Gasteiger partial charge in [0.15, 0.2) is 0 Å². The van der Waals surface area contributed by atoms with Crippen LogP contribution in [0.15, 0.2) is 12.7 Å². The fourth-order valence-electron chi connectivity index (χ4n) is 0.210. The van der Waals surface area contributed by atoms with Crippen LogP contribution in [-0.4, -0.2) is 13.8 Å². The molecule has 0 amide bonds. The smallest absolute Gasteiger partial charge is 0.216 e. The first-order valence-electron chi connectivity index (χ1n) is 2.04. The van der Waals surface area contributed by atoms with Crippen LogP contribution in [-0.2, 0) is 10.2 Å². The predicted molar refractivity (Wildman–Crippen MR) is 37.8 cm³/mol. The summed E-state index contributed by atoms with van der Waals surface area (Å²) in [4.78, 5) is 0. The molecule has 0 rings (SSSR count). The maximum atomic E-state index is 10.2. The zero-order valence-corrected chi connectivity index (χ0v) is 6.21. The van der Waals surface area contributed by atoms with Crippen molar-refractivity contribution in [1.29, 1.82) is 0 Å². The van der Waals surface area contributed by atoms with Crippen molar-refractivity contribution in [2.75, 3.05) is 0 Å². The standard InChI is InChI=1S/C3H7N2O2S2/c1-2-3(8)5-9(4,6)7/h2-3,5H,1H2,(H2,4,6,7). The zero-order valence-electron chi connectivity index (χ0n) is 4.57. The average Bonchev–Trinajstić information content (AvgIpc) is 1.62. The lowest BCUT2D eigenvalue weighted by Crippen LogP contribution is -2.35. The molecule has 9 heavy (non-hydrogen) atoms. The van der Waals surface area contributed by atoms with Gasteiger partial charge in [0.05, 0.1) is 5.37 Å². The Balaban J connectivity index is 3.89. The van der Waals surface area contributed by atoms with Gasteiger partial charge in [-0.25, -0.2) is 5.14 Å². The molecular weight excluding hydrogens is 160 g/mol. The number of nitrogens with two attached hydrogens (primary N) is 1. The number of hydrogen-bond acceptors (Lipinski definition) is 2. The Bertz CT molecular complexity index is 186. The van der Waals surface area contributed by atoms with E-state index >= 15 is 0 Å². The second kappa shape index (κ2) is 3.21. The van der Waals surface area contributed by atoms with Crippen molar-refractivity contribution in [3.05, 3.63) is 12.7 Å². The molecule has 0 aliphatic carbocycles. The van der Waals surface area contributed by atoms with E-state index in [1.165, 1.54) is 6.08 Å². The van der Waals surface area contributed by atoms with Crippen molar-refractivity contribution in [3.8, 4) is 0 Å². The summed E-state index contributed by atoms with van der Waals surface area (Å²) in [5, 5.41) is 3.84. The van der Waals surface area contributed by atoms with Gasteiger partial charge in [-0.3, -0.25) is 0 Å². The van der Waals surface area contributed by atoms with Crippen molar-refractivity contribution < 1.29 is 8.42 Å². The second-order valence-electron chi connectivity index (χ2n) is 1.32. The van der Waals surface area contributed by atoms with Crippen LogP contribution in [0, 0.1) is 0 Å². The monoisotopic (exact) mass is 167 g/mol. The maximum Gasteiger partial charge on any atom is 0.275 e. The first kappa shape index (κ1) is 8.96. The Labute approximate surface area is 59.7 Å². The summed E-state index contributed by atoms with van der Waals surface area (Å²) in [7, 11) is -3.66. The van der Waals surface area contributed by atoms with Crippen molar-refractivity contribution in [2.45, 2.75) is 5.37 Å². The predicted octanol–water partition coefficient (Wildman–Crippen LogP) is -0.511. The minimum Gasteiger partial charge on any atom is -0.216 e. The Morgan fingerprint density at radius 3 is 2.33 bits per heavy atom. The first-order chi connectivity index (χ1) is 3.95. The second-order valence-corrected chi connectivity index (χ2v) is 3.15. The van der Waals surface area contributed by atoms with E-state index in [0.29, 0.717) is 0 Å². The molecule has 1 atom stereocenters. The lowest BCUT2D eigenvalue weighted by molar-refractivity contribution is 0.585. The molecular formula is C3H7N2O2S2. The summed E-state index contributed by atoms with van der Waals surface area (Å²) in [6, 6.07) is 0. The number of hydrogen-bond donors (Lipinski definition) is 2. The summed E-state index contributed by atoms with van der Waals surface area (Å²) >= 11 is 4.50. The summed E-state index contributed by atoms with van der Waals surface area (Å²) in [6.07, 6.45) is 1.26. The van der Waals surface area contributed by atoms with Gasteiger partial charge in [-0.15, -0.1) is 6.58 Å². The van der Waals surface area contributed by atoms with Crippen LogP contribution < -0.4 is 9.86 Å².